The summed E-state index contributed by atoms with van der Waals surface area (Å²) in [5, 5.41) is 8.85. The number of carbonyl (C=O) groups excluding carboxylic acids is 1. The quantitative estimate of drug-likeness (QED) is 0.771. The number of rotatable bonds is 3. The van der Waals surface area contributed by atoms with Gasteiger partial charge >= 0.3 is 5.97 Å². The lowest BCUT2D eigenvalue weighted by Gasteiger charge is -2.26. The van der Waals surface area contributed by atoms with Crippen molar-refractivity contribution in [2.45, 2.75) is 71.4 Å². The van der Waals surface area contributed by atoms with E-state index in [0.29, 0.717) is 22.1 Å². The first-order chi connectivity index (χ1) is 12.5. The Hall–Kier alpha value is -1.76. The standard InChI is InChI=1S/C19H25N3O3S/c1-11-4-3-5-13(8-11)25-16(23)10-22-19(24)17-14-7-6-12(2)9-15(14)26-18(17)20-21-22/h11-13H,3-10H2,1-2H3/t11-,12+,13+/m0/s1. The summed E-state index contributed by atoms with van der Waals surface area (Å²) < 4.78 is 6.75. The minimum absolute atomic E-state index is 0.0333. The molecule has 0 N–H and O–H groups in total. The fraction of sp³-hybridized carbons (Fsp3) is 0.684. The van der Waals surface area contributed by atoms with Gasteiger partial charge in [-0.05, 0) is 55.9 Å². The Morgan fingerprint density at radius 1 is 1.27 bits per heavy atom. The second kappa shape index (κ2) is 7.10. The van der Waals surface area contributed by atoms with Gasteiger partial charge in [0.25, 0.3) is 5.56 Å². The lowest BCUT2D eigenvalue weighted by Crippen LogP contribution is -2.32. The normalized spacial score (nSPS) is 25.8. The molecule has 1 saturated carbocycles. The van der Waals surface area contributed by atoms with Crippen molar-refractivity contribution in [2.24, 2.45) is 11.8 Å². The van der Waals surface area contributed by atoms with E-state index in [0.717, 1.165) is 44.1 Å². The highest BCUT2D eigenvalue weighted by Gasteiger charge is 2.25. The Kier molecular flexibility index (Phi) is 4.82. The molecular weight excluding hydrogens is 350 g/mol. The molecule has 3 atom stereocenters. The monoisotopic (exact) mass is 375 g/mol. The third kappa shape index (κ3) is 3.41. The van der Waals surface area contributed by atoms with Gasteiger partial charge in [-0.25, -0.2) is 0 Å². The predicted molar refractivity (Wildman–Crippen MR) is 100 cm³/mol. The number of hydrogen-bond donors (Lipinski definition) is 0. The molecule has 0 saturated heterocycles. The molecule has 7 heteroatoms. The Morgan fingerprint density at radius 3 is 2.92 bits per heavy atom. The Bertz CT molecular complexity index is 888. The van der Waals surface area contributed by atoms with Crippen LogP contribution in [0.5, 0.6) is 0 Å². The highest BCUT2D eigenvalue weighted by Crippen LogP contribution is 2.35. The maximum Gasteiger partial charge on any atom is 0.328 e. The van der Waals surface area contributed by atoms with Crippen molar-refractivity contribution in [1.29, 1.82) is 0 Å². The molecule has 0 amide bonds. The summed E-state index contributed by atoms with van der Waals surface area (Å²) in [6.07, 6.45) is 7.05. The molecule has 2 heterocycles. The van der Waals surface area contributed by atoms with E-state index in [1.807, 2.05) is 0 Å². The fourth-order valence-electron chi connectivity index (χ4n) is 4.23. The summed E-state index contributed by atoms with van der Waals surface area (Å²) in [6.45, 7) is 4.26. The van der Waals surface area contributed by atoms with Crippen LogP contribution in [0.4, 0.5) is 0 Å². The summed E-state index contributed by atoms with van der Waals surface area (Å²) >= 11 is 1.57. The van der Waals surface area contributed by atoms with Crippen LogP contribution >= 0.6 is 11.3 Å². The second-order valence-electron chi connectivity index (χ2n) is 7.97. The number of thiophene rings is 1. The van der Waals surface area contributed by atoms with Gasteiger partial charge < -0.3 is 4.74 Å². The molecule has 0 unspecified atom stereocenters. The van der Waals surface area contributed by atoms with Crippen LogP contribution in [0.1, 0.15) is 56.4 Å². The molecule has 0 aromatic carbocycles. The van der Waals surface area contributed by atoms with Crippen molar-refractivity contribution in [3.05, 3.63) is 20.8 Å². The molecule has 140 valence electrons. The average molecular weight is 375 g/mol. The largest absolute Gasteiger partial charge is 0.461 e. The average Bonchev–Trinajstić information content (AvgIpc) is 2.95. The summed E-state index contributed by atoms with van der Waals surface area (Å²) in [6, 6.07) is 0. The Morgan fingerprint density at radius 2 is 2.12 bits per heavy atom. The van der Waals surface area contributed by atoms with Crippen LogP contribution in [0.3, 0.4) is 0 Å². The zero-order valence-electron chi connectivity index (χ0n) is 15.4. The molecule has 1 fully saturated rings. The Labute approximate surface area is 156 Å². The summed E-state index contributed by atoms with van der Waals surface area (Å²) in [5.74, 6) is 0.830. The van der Waals surface area contributed by atoms with Crippen LogP contribution in [0.25, 0.3) is 10.2 Å². The van der Waals surface area contributed by atoms with E-state index < -0.39 is 5.97 Å². The molecular formula is C19H25N3O3S. The number of carbonyl (C=O) groups is 1. The third-order valence-corrected chi connectivity index (χ3v) is 6.79. The van der Waals surface area contributed by atoms with Crippen LogP contribution in [0, 0.1) is 11.8 Å². The molecule has 0 radical (unpaired) electrons. The first-order valence-electron chi connectivity index (χ1n) is 9.58. The van der Waals surface area contributed by atoms with Gasteiger partial charge in [-0.1, -0.05) is 25.5 Å². The lowest BCUT2D eigenvalue weighted by molar-refractivity contribution is -0.152. The number of aromatic nitrogens is 3. The highest BCUT2D eigenvalue weighted by molar-refractivity contribution is 7.18. The van der Waals surface area contributed by atoms with Crippen molar-refractivity contribution in [3.63, 3.8) is 0 Å². The molecule has 26 heavy (non-hydrogen) atoms. The third-order valence-electron chi connectivity index (χ3n) is 5.65. The van der Waals surface area contributed by atoms with Gasteiger partial charge in [0.1, 0.15) is 12.6 Å². The molecule has 2 aliphatic rings. The van der Waals surface area contributed by atoms with Gasteiger partial charge in [-0.2, -0.15) is 4.68 Å². The summed E-state index contributed by atoms with van der Waals surface area (Å²) in [5.41, 5.74) is 0.905. The maximum atomic E-state index is 12.9. The SMILES string of the molecule is C[C@@H]1CCc2c(sc3nnn(CC(=O)O[C@@H]4CCC[C@H](C)C4)c(=O)c23)C1. The molecule has 0 aliphatic heterocycles. The number of aryl methyl sites for hydroxylation is 1. The van der Waals surface area contributed by atoms with Gasteiger partial charge in [0, 0.05) is 4.88 Å². The van der Waals surface area contributed by atoms with E-state index in [1.54, 1.807) is 11.3 Å². The van der Waals surface area contributed by atoms with E-state index >= 15 is 0 Å². The molecule has 0 spiro atoms. The number of fused-ring (bicyclic) bond motifs is 3. The van der Waals surface area contributed by atoms with Crippen molar-refractivity contribution >= 4 is 27.5 Å². The maximum absolute atomic E-state index is 12.9. The molecule has 2 aromatic heterocycles. The summed E-state index contributed by atoms with van der Waals surface area (Å²) in [7, 11) is 0. The van der Waals surface area contributed by atoms with Crippen molar-refractivity contribution in [1.82, 2.24) is 15.0 Å². The van der Waals surface area contributed by atoms with Gasteiger partial charge in [0.05, 0.1) is 5.39 Å². The topological polar surface area (TPSA) is 74.1 Å². The van der Waals surface area contributed by atoms with Crippen LogP contribution < -0.4 is 5.56 Å². The minimum Gasteiger partial charge on any atom is -0.461 e. The smallest absolute Gasteiger partial charge is 0.328 e. The number of ether oxygens (including phenoxy) is 1. The van der Waals surface area contributed by atoms with Crippen molar-refractivity contribution in [3.8, 4) is 0 Å². The number of nitrogens with zero attached hydrogens (tertiary/aromatic N) is 3. The van der Waals surface area contributed by atoms with Crippen molar-refractivity contribution in [2.75, 3.05) is 0 Å². The van der Waals surface area contributed by atoms with Crippen LogP contribution in [-0.2, 0) is 28.9 Å². The van der Waals surface area contributed by atoms with E-state index in [2.05, 4.69) is 24.2 Å². The van der Waals surface area contributed by atoms with E-state index in [1.165, 1.54) is 16.0 Å². The minimum atomic E-state index is -0.391. The van der Waals surface area contributed by atoms with Gasteiger partial charge in [0.2, 0.25) is 0 Å². The molecule has 6 nitrogen and oxygen atoms in total. The second-order valence-corrected chi connectivity index (χ2v) is 9.05. The van der Waals surface area contributed by atoms with Gasteiger partial charge in [-0.3, -0.25) is 9.59 Å². The van der Waals surface area contributed by atoms with E-state index in [9.17, 15) is 9.59 Å². The zero-order chi connectivity index (χ0) is 18.3. The van der Waals surface area contributed by atoms with Crippen LogP contribution in [0.2, 0.25) is 0 Å². The van der Waals surface area contributed by atoms with Crippen LogP contribution in [-0.4, -0.2) is 27.1 Å². The van der Waals surface area contributed by atoms with Crippen molar-refractivity contribution < 1.29 is 9.53 Å². The molecule has 4 rings (SSSR count). The van der Waals surface area contributed by atoms with Gasteiger partial charge in [0.15, 0.2) is 4.83 Å². The molecule has 2 aliphatic carbocycles. The predicted octanol–water partition coefficient (Wildman–Crippen LogP) is 3.10. The molecule has 2 aromatic rings. The fourth-order valence-corrected chi connectivity index (χ4v) is 5.54. The highest BCUT2D eigenvalue weighted by atomic mass is 32.1. The Balaban J connectivity index is 1.54. The van der Waals surface area contributed by atoms with Crippen LogP contribution in [0.15, 0.2) is 4.79 Å². The summed E-state index contributed by atoms with van der Waals surface area (Å²) in [4.78, 5) is 27.1. The van der Waals surface area contributed by atoms with E-state index in [4.69, 9.17) is 4.74 Å². The molecule has 0 bridgehead atoms. The zero-order valence-corrected chi connectivity index (χ0v) is 16.2. The first kappa shape index (κ1) is 17.6. The lowest BCUT2D eigenvalue weighted by atomic mass is 9.89. The number of esters is 1. The van der Waals surface area contributed by atoms with Gasteiger partial charge in [-0.15, -0.1) is 16.4 Å². The first-order valence-corrected chi connectivity index (χ1v) is 10.4. The van der Waals surface area contributed by atoms with E-state index in [-0.39, 0.29) is 18.2 Å². The number of hydrogen-bond acceptors (Lipinski definition) is 6.